The standard InChI is InChI=1S/C20H22N4O4S/c1-13(2)11-23-17-7-5-4-6-15(17)22-20(23)29-12-19(25)21-16-10-14(24(26)27)8-9-18(16)28-3/h4-10,13H,11-12H2,1-3H3,(H,21,25). The number of para-hydroxylation sites is 2. The van der Waals surface area contributed by atoms with Crippen LogP contribution in [0.5, 0.6) is 5.75 Å². The number of non-ortho nitro benzene ring substituents is 1. The van der Waals surface area contributed by atoms with Gasteiger partial charge in [0.1, 0.15) is 5.75 Å². The van der Waals surface area contributed by atoms with E-state index in [0.29, 0.717) is 11.7 Å². The fourth-order valence-electron chi connectivity index (χ4n) is 2.93. The molecule has 0 saturated carbocycles. The van der Waals surface area contributed by atoms with Gasteiger partial charge in [0.05, 0.1) is 34.5 Å². The molecule has 8 nitrogen and oxygen atoms in total. The molecule has 3 rings (SSSR count). The minimum Gasteiger partial charge on any atom is -0.495 e. The number of fused-ring (bicyclic) bond motifs is 1. The summed E-state index contributed by atoms with van der Waals surface area (Å²) in [7, 11) is 1.44. The van der Waals surface area contributed by atoms with E-state index in [1.807, 2.05) is 24.3 Å². The summed E-state index contributed by atoms with van der Waals surface area (Å²) < 4.78 is 7.30. The van der Waals surface area contributed by atoms with E-state index in [2.05, 4.69) is 28.7 Å². The number of benzene rings is 2. The molecule has 0 aliphatic heterocycles. The van der Waals surface area contributed by atoms with Gasteiger partial charge in [0.15, 0.2) is 5.16 Å². The number of carbonyl (C=O) groups is 1. The topological polar surface area (TPSA) is 99.3 Å². The Morgan fingerprint density at radius 2 is 2.07 bits per heavy atom. The SMILES string of the molecule is COc1ccc([N+](=O)[O-])cc1NC(=O)CSc1nc2ccccc2n1CC(C)C. The summed E-state index contributed by atoms with van der Waals surface area (Å²) in [5, 5.41) is 14.5. The van der Waals surface area contributed by atoms with E-state index in [1.54, 1.807) is 0 Å². The number of anilines is 1. The number of ether oxygens (including phenoxy) is 1. The molecule has 0 bridgehead atoms. The first-order chi connectivity index (χ1) is 13.9. The number of carbonyl (C=O) groups excluding carboxylic acids is 1. The van der Waals surface area contributed by atoms with Crippen molar-refractivity contribution in [1.29, 1.82) is 0 Å². The van der Waals surface area contributed by atoms with Crippen LogP contribution in [0.25, 0.3) is 11.0 Å². The maximum atomic E-state index is 12.5. The highest BCUT2D eigenvalue weighted by atomic mass is 32.2. The highest BCUT2D eigenvalue weighted by molar-refractivity contribution is 7.99. The number of hydrogen-bond donors (Lipinski definition) is 1. The van der Waals surface area contributed by atoms with Gasteiger partial charge in [0.2, 0.25) is 5.91 Å². The number of nitro benzene ring substituents is 1. The molecule has 0 aliphatic carbocycles. The molecule has 0 spiro atoms. The van der Waals surface area contributed by atoms with Crippen molar-refractivity contribution in [2.45, 2.75) is 25.5 Å². The third kappa shape index (κ3) is 4.86. The average molecular weight is 414 g/mol. The average Bonchev–Trinajstić information content (AvgIpc) is 3.03. The lowest BCUT2D eigenvalue weighted by molar-refractivity contribution is -0.384. The highest BCUT2D eigenvalue weighted by Crippen LogP contribution is 2.30. The van der Waals surface area contributed by atoms with E-state index in [1.165, 1.54) is 37.1 Å². The van der Waals surface area contributed by atoms with Crippen LogP contribution in [0.2, 0.25) is 0 Å². The third-order valence-corrected chi connectivity index (χ3v) is 5.14. The number of imidazole rings is 1. The zero-order valence-electron chi connectivity index (χ0n) is 16.4. The Hall–Kier alpha value is -3.07. The predicted octanol–water partition coefficient (Wildman–Crippen LogP) is 4.34. The van der Waals surface area contributed by atoms with Gasteiger partial charge in [-0.15, -0.1) is 0 Å². The van der Waals surface area contributed by atoms with Crippen LogP contribution in [0.1, 0.15) is 13.8 Å². The lowest BCUT2D eigenvalue weighted by Crippen LogP contribution is -2.15. The van der Waals surface area contributed by atoms with Crippen LogP contribution >= 0.6 is 11.8 Å². The van der Waals surface area contributed by atoms with Crippen molar-refractivity contribution in [1.82, 2.24) is 9.55 Å². The Morgan fingerprint density at radius 1 is 1.31 bits per heavy atom. The minimum atomic E-state index is -0.516. The van der Waals surface area contributed by atoms with E-state index < -0.39 is 4.92 Å². The van der Waals surface area contributed by atoms with Gasteiger partial charge in [-0.05, 0) is 24.1 Å². The lowest BCUT2D eigenvalue weighted by atomic mass is 10.2. The van der Waals surface area contributed by atoms with Crippen molar-refractivity contribution >= 4 is 40.1 Å². The Kier molecular flexibility index (Phi) is 6.38. The molecule has 1 N–H and O–H groups in total. The molecule has 0 fully saturated rings. The zero-order chi connectivity index (χ0) is 21.0. The molecule has 1 aromatic heterocycles. The molecule has 0 saturated heterocycles. The van der Waals surface area contributed by atoms with Crippen molar-refractivity contribution < 1.29 is 14.5 Å². The summed E-state index contributed by atoms with van der Waals surface area (Å²) >= 11 is 1.33. The van der Waals surface area contributed by atoms with E-state index in [-0.39, 0.29) is 23.0 Å². The van der Waals surface area contributed by atoms with Crippen LogP contribution < -0.4 is 10.1 Å². The number of rotatable bonds is 8. The van der Waals surface area contributed by atoms with Crippen molar-refractivity contribution in [2.24, 2.45) is 5.92 Å². The van der Waals surface area contributed by atoms with Gasteiger partial charge in [-0.3, -0.25) is 14.9 Å². The largest absolute Gasteiger partial charge is 0.495 e. The first-order valence-electron chi connectivity index (χ1n) is 9.09. The highest BCUT2D eigenvalue weighted by Gasteiger charge is 2.16. The molecule has 0 radical (unpaired) electrons. The molecule has 1 amide bonds. The van der Waals surface area contributed by atoms with Gasteiger partial charge in [-0.2, -0.15) is 0 Å². The molecule has 0 aliphatic rings. The second-order valence-electron chi connectivity index (χ2n) is 6.87. The zero-order valence-corrected chi connectivity index (χ0v) is 17.2. The fourth-order valence-corrected chi connectivity index (χ4v) is 3.75. The lowest BCUT2D eigenvalue weighted by Gasteiger charge is -2.12. The number of nitrogens with zero attached hydrogens (tertiary/aromatic N) is 3. The van der Waals surface area contributed by atoms with Crippen LogP contribution in [0.4, 0.5) is 11.4 Å². The van der Waals surface area contributed by atoms with Gasteiger partial charge < -0.3 is 14.6 Å². The molecule has 1 heterocycles. The van der Waals surface area contributed by atoms with Crippen LogP contribution in [0.3, 0.4) is 0 Å². The van der Waals surface area contributed by atoms with Crippen molar-refractivity contribution in [3.05, 3.63) is 52.6 Å². The number of nitro groups is 1. The van der Waals surface area contributed by atoms with Gasteiger partial charge in [0, 0.05) is 18.7 Å². The number of nitrogens with one attached hydrogen (secondary N) is 1. The van der Waals surface area contributed by atoms with Crippen LogP contribution in [0, 0.1) is 16.0 Å². The minimum absolute atomic E-state index is 0.118. The second-order valence-corrected chi connectivity index (χ2v) is 7.81. The quantitative estimate of drug-likeness (QED) is 0.334. The molecule has 0 unspecified atom stereocenters. The van der Waals surface area contributed by atoms with Crippen LogP contribution in [0.15, 0.2) is 47.6 Å². The normalized spacial score (nSPS) is 11.0. The van der Waals surface area contributed by atoms with Crippen molar-refractivity contribution in [2.75, 3.05) is 18.2 Å². The number of thioether (sulfide) groups is 1. The Bertz CT molecular complexity index is 1050. The molecule has 29 heavy (non-hydrogen) atoms. The Morgan fingerprint density at radius 3 is 2.76 bits per heavy atom. The summed E-state index contributed by atoms with van der Waals surface area (Å²) in [5.74, 6) is 0.612. The van der Waals surface area contributed by atoms with E-state index in [0.717, 1.165) is 22.7 Å². The van der Waals surface area contributed by atoms with E-state index in [9.17, 15) is 14.9 Å². The maximum absolute atomic E-state index is 12.5. The maximum Gasteiger partial charge on any atom is 0.271 e. The van der Waals surface area contributed by atoms with E-state index in [4.69, 9.17) is 4.74 Å². The first kappa shape index (κ1) is 20.7. The van der Waals surface area contributed by atoms with Crippen molar-refractivity contribution in [3.8, 4) is 5.75 Å². The summed E-state index contributed by atoms with van der Waals surface area (Å²) in [5.41, 5.74) is 2.07. The summed E-state index contributed by atoms with van der Waals surface area (Å²) in [4.78, 5) is 27.6. The fraction of sp³-hybridized carbons (Fsp3) is 0.300. The van der Waals surface area contributed by atoms with Gasteiger partial charge >= 0.3 is 0 Å². The van der Waals surface area contributed by atoms with Crippen molar-refractivity contribution in [3.63, 3.8) is 0 Å². The molecule has 0 atom stereocenters. The number of methoxy groups -OCH3 is 1. The van der Waals surface area contributed by atoms with Crippen LogP contribution in [-0.4, -0.2) is 33.2 Å². The number of hydrogen-bond acceptors (Lipinski definition) is 6. The van der Waals surface area contributed by atoms with Gasteiger partial charge in [-0.1, -0.05) is 37.7 Å². The Labute approximate surface area is 172 Å². The van der Waals surface area contributed by atoms with E-state index >= 15 is 0 Å². The number of aromatic nitrogens is 2. The van der Waals surface area contributed by atoms with Crippen LogP contribution in [-0.2, 0) is 11.3 Å². The molecular formula is C20H22N4O4S. The summed E-state index contributed by atoms with van der Waals surface area (Å²) in [6.45, 7) is 5.05. The molecule has 3 aromatic rings. The summed E-state index contributed by atoms with van der Waals surface area (Å²) in [6, 6.07) is 11.9. The monoisotopic (exact) mass is 414 g/mol. The molecule has 2 aromatic carbocycles. The third-order valence-electron chi connectivity index (χ3n) is 4.17. The molecule has 9 heteroatoms. The first-order valence-corrected chi connectivity index (χ1v) is 10.1. The molecule has 152 valence electrons. The Balaban J connectivity index is 1.76. The number of amides is 1. The molecular weight excluding hydrogens is 392 g/mol. The van der Waals surface area contributed by atoms with Gasteiger partial charge in [-0.25, -0.2) is 4.98 Å². The second kappa shape index (κ2) is 8.95. The van der Waals surface area contributed by atoms with Gasteiger partial charge in [0.25, 0.3) is 5.69 Å². The smallest absolute Gasteiger partial charge is 0.271 e. The predicted molar refractivity (Wildman–Crippen MR) is 114 cm³/mol. The summed E-state index contributed by atoms with van der Waals surface area (Å²) in [6.07, 6.45) is 0.